The van der Waals surface area contributed by atoms with E-state index in [-0.39, 0.29) is 0 Å². The summed E-state index contributed by atoms with van der Waals surface area (Å²) < 4.78 is 20.0. The molecule has 8 atom stereocenters. The summed E-state index contributed by atoms with van der Waals surface area (Å²) in [6.07, 6.45) is -15.9. The summed E-state index contributed by atoms with van der Waals surface area (Å²) in [5, 5.41) is 82.3. The smallest absolute Gasteiger partial charge is 0.473 e. The molecule has 0 saturated heterocycles. The maximum Gasteiger partial charge on any atom is 0.473 e. The highest BCUT2D eigenvalue weighted by Gasteiger charge is 2.42. The van der Waals surface area contributed by atoms with Crippen molar-refractivity contribution in [2.75, 3.05) is 19.8 Å². The highest BCUT2D eigenvalue weighted by molar-refractivity contribution is 7.47. The van der Waals surface area contributed by atoms with Crippen LogP contribution in [0, 0.1) is 0 Å². The number of aliphatic carboxylic acids is 1. The Kier molecular flexibility index (Phi) is 11.4. The summed E-state index contributed by atoms with van der Waals surface area (Å²) in [5.41, 5.74) is 0. The van der Waals surface area contributed by atoms with Crippen LogP contribution >= 0.6 is 7.82 Å². The summed E-state index contributed by atoms with van der Waals surface area (Å²) in [7, 11) is -5.41. The number of aliphatic hydroxyl groups excluding tert-OH is 8. The monoisotopic (exact) mass is 438 g/mol. The molecule has 0 saturated carbocycles. The molecule has 0 spiro atoms. The number of carboxylic acids is 1. The summed E-state index contributed by atoms with van der Waals surface area (Å²) in [6, 6.07) is 0. The lowest BCUT2D eigenvalue weighted by molar-refractivity contribution is -0.163. The van der Waals surface area contributed by atoms with Crippen LogP contribution in [0.15, 0.2) is 0 Å². The van der Waals surface area contributed by atoms with E-state index < -0.39 is 82.1 Å². The van der Waals surface area contributed by atoms with Crippen molar-refractivity contribution in [1.82, 2.24) is 0 Å². The predicted octanol–water partition coefficient (Wildman–Crippen LogP) is -5.71. The van der Waals surface area contributed by atoms with E-state index in [4.69, 9.17) is 20.4 Å². The Hall–Kier alpha value is -1.07. The average molecular weight is 438 g/mol. The Bertz CT molecular complexity index is 555. The van der Waals surface area contributed by atoms with Crippen LogP contribution in [0.3, 0.4) is 0 Å². The van der Waals surface area contributed by atoms with E-state index in [1.165, 1.54) is 0 Å². The molecule has 0 heterocycles. The minimum atomic E-state index is -5.41. The Morgan fingerprint density at radius 2 is 1.32 bits per heavy atom. The van der Waals surface area contributed by atoms with E-state index in [0.29, 0.717) is 0 Å². The van der Waals surface area contributed by atoms with Gasteiger partial charge in [0.2, 0.25) is 0 Å². The molecule has 16 heteroatoms. The zero-order valence-corrected chi connectivity index (χ0v) is 15.0. The van der Waals surface area contributed by atoms with Crippen molar-refractivity contribution in [2.24, 2.45) is 0 Å². The van der Waals surface area contributed by atoms with Crippen LogP contribution in [0.5, 0.6) is 0 Å². The minimum absolute atomic E-state index is 1.02. The zero-order valence-electron chi connectivity index (χ0n) is 14.1. The second-order valence-electron chi connectivity index (χ2n) is 5.49. The summed E-state index contributed by atoms with van der Waals surface area (Å²) >= 11 is 0. The number of Topliss-reactive ketones (excluding diaryl/α,β-unsaturated/α-hetero) is 1. The van der Waals surface area contributed by atoms with E-state index in [1.54, 1.807) is 0 Å². The van der Waals surface area contributed by atoms with Gasteiger partial charge in [-0.3, -0.25) is 13.8 Å². The van der Waals surface area contributed by atoms with Crippen LogP contribution in [0.1, 0.15) is 0 Å². The first-order valence-corrected chi connectivity index (χ1v) is 9.00. The fraction of sp³-hybridized carbons (Fsp3) is 0.833. The Balaban J connectivity index is 5.01. The quantitative estimate of drug-likeness (QED) is 0.113. The number of phosphoric ester groups is 1. The van der Waals surface area contributed by atoms with Gasteiger partial charge in [-0.05, 0) is 0 Å². The number of aliphatic hydroxyl groups is 8. The lowest BCUT2D eigenvalue weighted by atomic mass is 10.0. The molecule has 166 valence electrons. The third-order valence-corrected chi connectivity index (χ3v) is 4.29. The van der Waals surface area contributed by atoms with Gasteiger partial charge in [0.25, 0.3) is 0 Å². The number of rotatable bonds is 14. The van der Waals surface area contributed by atoms with Crippen molar-refractivity contribution in [1.29, 1.82) is 0 Å². The molecule has 0 fully saturated rings. The molecule has 0 bridgehead atoms. The first-order chi connectivity index (χ1) is 12.8. The minimum Gasteiger partial charge on any atom is -0.479 e. The normalized spacial score (nSPS) is 21.6. The Labute approximate surface area is 157 Å². The SMILES string of the molecule is O=C(COP(=O)(O)O[C@@H](C(=O)O)[C@@H](O)[C@H](O)[C@H](O)CO)[C@@H](O)[C@H](O)[C@@H](O)CO. The summed E-state index contributed by atoms with van der Waals surface area (Å²) in [6.45, 7) is -3.53. The van der Waals surface area contributed by atoms with E-state index in [1.807, 2.05) is 0 Å². The fourth-order valence-corrected chi connectivity index (χ4v) is 2.53. The highest BCUT2D eigenvalue weighted by atomic mass is 31.2. The van der Waals surface area contributed by atoms with Gasteiger partial charge in [-0.2, -0.15) is 0 Å². The van der Waals surface area contributed by atoms with Crippen LogP contribution in [0.25, 0.3) is 0 Å². The van der Waals surface area contributed by atoms with E-state index in [2.05, 4.69) is 9.05 Å². The number of phosphoric acid groups is 1. The maximum atomic E-state index is 11.7. The van der Waals surface area contributed by atoms with Gasteiger partial charge in [-0.1, -0.05) is 0 Å². The second kappa shape index (κ2) is 11.8. The number of ketones is 1. The van der Waals surface area contributed by atoms with Crippen LogP contribution in [-0.2, 0) is 23.2 Å². The largest absolute Gasteiger partial charge is 0.479 e. The van der Waals surface area contributed by atoms with Gasteiger partial charge in [0.15, 0.2) is 11.9 Å². The van der Waals surface area contributed by atoms with Crippen LogP contribution in [-0.4, -0.2) is 125 Å². The molecular weight excluding hydrogens is 415 g/mol. The van der Waals surface area contributed by atoms with Gasteiger partial charge in [0.1, 0.15) is 43.2 Å². The van der Waals surface area contributed by atoms with Gasteiger partial charge in [0, 0.05) is 0 Å². The lowest BCUT2D eigenvalue weighted by Gasteiger charge is -2.27. The second-order valence-corrected chi connectivity index (χ2v) is 6.90. The van der Waals surface area contributed by atoms with Crippen LogP contribution in [0.4, 0.5) is 0 Å². The third-order valence-electron chi connectivity index (χ3n) is 3.34. The lowest BCUT2D eigenvalue weighted by Crippen LogP contribution is -2.49. The van der Waals surface area contributed by atoms with E-state index >= 15 is 0 Å². The molecular formula is C12H23O15P. The summed E-state index contributed by atoms with van der Waals surface area (Å²) in [5.74, 6) is -3.54. The van der Waals surface area contributed by atoms with Crippen LogP contribution in [0.2, 0.25) is 0 Å². The van der Waals surface area contributed by atoms with Crippen molar-refractivity contribution < 1.29 is 74.1 Å². The Morgan fingerprint density at radius 3 is 1.75 bits per heavy atom. The molecule has 0 amide bonds. The van der Waals surface area contributed by atoms with Crippen LogP contribution < -0.4 is 0 Å². The first-order valence-electron chi connectivity index (χ1n) is 7.50. The molecule has 0 aromatic rings. The molecule has 0 aromatic heterocycles. The number of carbonyl (C=O) groups excluding carboxylic acids is 1. The summed E-state index contributed by atoms with van der Waals surface area (Å²) in [4.78, 5) is 32.1. The van der Waals surface area contributed by atoms with E-state index in [9.17, 15) is 44.6 Å². The van der Waals surface area contributed by atoms with Gasteiger partial charge in [-0.25, -0.2) is 9.36 Å². The first kappa shape index (κ1) is 26.9. The van der Waals surface area contributed by atoms with Gasteiger partial charge >= 0.3 is 13.8 Å². The van der Waals surface area contributed by atoms with Gasteiger partial charge in [0.05, 0.1) is 13.2 Å². The molecule has 0 aliphatic heterocycles. The molecule has 10 N–H and O–H groups in total. The van der Waals surface area contributed by atoms with Crippen molar-refractivity contribution in [3.05, 3.63) is 0 Å². The van der Waals surface area contributed by atoms with Crippen molar-refractivity contribution in [3.63, 3.8) is 0 Å². The number of carbonyl (C=O) groups is 2. The topological polar surface area (TPSA) is 272 Å². The molecule has 1 unspecified atom stereocenters. The molecule has 0 aliphatic carbocycles. The standard InChI is InChI=1S/C12H23O15P/c13-1-4(15)7(18)9(20)6(17)3-26-28(24,25)27-11(12(22)23)10(21)8(19)5(16)2-14/h4-5,7-11,13-16,18-21H,1-3H2,(H,22,23)(H,24,25)/t4-,5+,7+,8+,9+,10-,11+/m0/s1. The molecule has 28 heavy (non-hydrogen) atoms. The molecule has 0 aromatic carbocycles. The zero-order chi connectivity index (χ0) is 22.2. The average Bonchev–Trinajstić information content (AvgIpc) is 2.66. The highest BCUT2D eigenvalue weighted by Crippen LogP contribution is 2.45. The third kappa shape index (κ3) is 8.12. The van der Waals surface area contributed by atoms with Crippen molar-refractivity contribution in [3.8, 4) is 0 Å². The predicted molar refractivity (Wildman–Crippen MR) is 83.5 cm³/mol. The molecule has 0 radical (unpaired) electrons. The van der Waals surface area contributed by atoms with Gasteiger partial charge in [-0.15, -0.1) is 0 Å². The van der Waals surface area contributed by atoms with E-state index in [0.717, 1.165) is 0 Å². The Morgan fingerprint density at radius 1 is 0.857 bits per heavy atom. The van der Waals surface area contributed by atoms with Crippen molar-refractivity contribution >= 4 is 19.6 Å². The van der Waals surface area contributed by atoms with Crippen molar-refractivity contribution in [2.45, 2.75) is 42.7 Å². The number of hydrogen-bond donors (Lipinski definition) is 10. The number of hydrogen-bond acceptors (Lipinski definition) is 13. The molecule has 0 aliphatic rings. The molecule has 15 nitrogen and oxygen atoms in total. The fourth-order valence-electron chi connectivity index (χ4n) is 1.68. The maximum absolute atomic E-state index is 11.7. The number of carboxylic acid groups (broad SMARTS) is 1. The van der Waals surface area contributed by atoms with Gasteiger partial charge < -0.3 is 50.9 Å². The molecule has 0 rings (SSSR count).